The van der Waals surface area contributed by atoms with Crippen molar-refractivity contribution in [3.8, 4) is 0 Å². The van der Waals surface area contributed by atoms with Crippen molar-refractivity contribution in [2.24, 2.45) is 0 Å². The second-order valence-electron chi connectivity index (χ2n) is 4.39. The fourth-order valence-electron chi connectivity index (χ4n) is 1.74. The Kier molecular flexibility index (Phi) is 3.86. The molecular weight excluding hydrogens is 265 g/mol. The van der Waals surface area contributed by atoms with Crippen LogP contribution >= 0.6 is 11.6 Å². The van der Waals surface area contributed by atoms with E-state index in [2.05, 4.69) is 0 Å². The van der Waals surface area contributed by atoms with Crippen LogP contribution < -0.4 is 4.90 Å². The van der Waals surface area contributed by atoms with E-state index in [1.54, 1.807) is 12.1 Å². The molecule has 2 nitrogen and oxygen atoms in total. The Morgan fingerprint density at radius 3 is 2.26 bits per heavy atom. The molecule has 0 heterocycles. The van der Waals surface area contributed by atoms with Crippen molar-refractivity contribution >= 4 is 23.1 Å². The molecule has 0 N–H and O–H groups in total. The van der Waals surface area contributed by atoms with Crippen LogP contribution in [0, 0.1) is 5.82 Å². The van der Waals surface area contributed by atoms with Gasteiger partial charge in [0.05, 0.1) is 5.02 Å². The second kappa shape index (κ2) is 5.41. The Balaban J connectivity index is 2.33. The maximum atomic E-state index is 13.0. The van der Waals surface area contributed by atoms with E-state index in [9.17, 15) is 9.18 Å². The first-order chi connectivity index (χ1) is 8.99. The summed E-state index contributed by atoms with van der Waals surface area (Å²) in [7, 11) is 3.85. The molecule has 98 valence electrons. The van der Waals surface area contributed by atoms with Gasteiger partial charge in [0.15, 0.2) is 5.78 Å². The van der Waals surface area contributed by atoms with E-state index in [0.29, 0.717) is 11.1 Å². The Hall–Kier alpha value is -1.87. The smallest absolute Gasteiger partial charge is 0.194 e. The molecule has 0 spiro atoms. The predicted octanol–water partition coefficient (Wildman–Crippen LogP) is 3.78. The minimum Gasteiger partial charge on any atom is -0.378 e. The van der Waals surface area contributed by atoms with Crippen molar-refractivity contribution in [3.63, 3.8) is 0 Å². The molecule has 19 heavy (non-hydrogen) atoms. The molecule has 0 amide bonds. The van der Waals surface area contributed by atoms with Crippen LogP contribution in [-0.2, 0) is 0 Å². The third-order valence-electron chi connectivity index (χ3n) is 2.82. The summed E-state index contributed by atoms with van der Waals surface area (Å²) in [6, 6.07) is 10.9. The molecule has 0 fully saturated rings. The van der Waals surface area contributed by atoms with E-state index in [4.69, 9.17) is 11.6 Å². The normalized spacial score (nSPS) is 10.3. The van der Waals surface area contributed by atoms with Gasteiger partial charge in [0.25, 0.3) is 0 Å². The summed E-state index contributed by atoms with van der Waals surface area (Å²) in [5.41, 5.74) is 1.83. The van der Waals surface area contributed by atoms with Gasteiger partial charge in [-0.1, -0.05) is 11.6 Å². The van der Waals surface area contributed by atoms with Crippen molar-refractivity contribution in [2.45, 2.75) is 0 Å². The molecule has 4 heteroatoms. The third-order valence-corrected chi connectivity index (χ3v) is 3.13. The van der Waals surface area contributed by atoms with E-state index in [1.807, 2.05) is 31.1 Å². The molecule has 0 radical (unpaired) electrons. The maximum absolute atomic E-state index is 13.0. The number of hydrogen-bond acceptors (Lipinski definition) is 2. The highest BCUT2D eigenvalue weighted by molar-refractivity contribution is 6.35. The highest BCUT2D eigenvalue weighted by Gasteiger charge is 2.13. The molecule has 2 rings (SSSR count). The van der Waals surface area contributed by atoms with Crippen LogP contribution in [0.2, 0.25) is 5.02 Å². The van der Waals surface area contributed by atoms with Gasteiger partial charge in [-0.2, -0.15) is 0 Å². The minimum atomic E-state index is -0.454. The lowest BCUT2D eigenvalue weighted by Crippen LogP contribution is -2.09. The lowest BCUT2D eigenvalue weighted by Gasteiger charge is -2.12. The number of carbonyl (C=O) groups is 1. The average Bonchev–Trinajstić information content (AvgIpc) is 2.38. The van der Waals surface area contributed by atoms with Gasteiger partial charge in [-0.15, -0.1) is 0 Å². The lowest BCUT2D eigenvalue weighted by atomic mass is 10.0. The highest BCUT2D eigenvalue weighted by Crippen LogP contribution is 2.22. The zero-order valence-electron chi connectivity index (χ0n) is 10.7. The number of anilines is 1. The number of benzene rings is 2. The fraction of sp³-hybridized carbons (Fsp3) is 0.133. The van der Waals surface area contributed by atoms with Crippen molar-refractivity contribution in [1.82, 2.24) is 0 Å². The number of halogens is 2. The van der Waals surface area contributed by atoms with Gasteiger partial charge in [-0.05, 0) is 42.5 Å². The molecule has 0 aliphatic carbocycles. The summed E-state index contributed by atoms with van der Waals surface area (Å²) in [6.45, 7) is 0. The van der Waals surface area contributed by atoms with E-state index in [0.717, 1.165) is 11.8 Å². The summed E-state index contributed by atoms with van der Waals surface area (Å²) in [5, 5.41) is 0.127. The summed E-state index contributed by atoms with van der Waals surface area (Å²) in [6.07, 6.45) is 0. The minimum absolute atomic E-state index is 0.127. The van der Waals surface area contributed by atoms with E-state index in [1.165, 1.54) is 12.1 Å². The first-order valence-corrected chi connectivity index (χ1v) is 6.14. The van der Waals surface area contributed by atoms with Gasteiger partial charge >= 0.3 is 0 Å². The van der Waals surface area contributed by atoms with Crippen molar-refractivity contribution in [3.05, 3.63) is 64.4 Å². The van der Waals surface area contributed by atoms with Crippen LogP contribution in [0.4, 0.5) is 10.1 Å². The maximum Gasteiger partial charge on any atom is 0.194 e. The van der Waals surface area contributed by atoms with E-state index in [-0.39, 0.29) is 10.8 Å². The Morgan fingerprint density at radius 2 is 1.74 bits per heavy atom. The zero-order chi connectivity index (χ0) is 14.0. The number of nitrogens with zero attached hydrogens (tertiary/aromatic N) is 1. The van der Waals surface area contributed by atoms with Crippen LogP contribution in [0.25, 0.3) is 0 Å². The predicted molar refractivity (Wildman–Crippen MR) is 75.6 cm³/mol. The number of carbonyl (C=O) groups excluding carboxylic acids is 1. The molecule has 0 unspecified atom stereocenters. The summed E-state index contributed by atoms with van der Waals surface area (Å²) < 4.78 is 13.0. The number of hydrogen-bond donors (Lipinski definition) is 0. The summed E-state index contributed by atoms with van der Waals surface area (Å²) in [4.78, 5) is 14.2. The molecule has 2 aromatic carbocycles. The second-order valence-corrected chi connectivity index (χ2v) is 4.80. The average molecular weight is 278 g/mol. The lowest BCUT2D eigenvalue weighted by molar-refractivity contribution is 0.103. The molecule has 0 aromatic heterocycles. The van der Waals surface area contributed by atoms with Crippen LogP contribution in [0.15, 0.2) is 42.5 Å². The van der Waals surface area contributed by atoms with Crippen molar-refractivity contribution in [1.29, 1.82) is 0 Å². The van der Waals surface area contributed by atoms with Gasteiger partial charge in [0.2, 0.25) is 0 Å². The quantitative estimate of drug-likeness (QED) is 0.796. The van der Waals surface area contributed by atoms with Crippen LogP contribution in [-0.4, -0.2) is 19.9 Å². The van der Waals surface area contributed by atoms with E-state index >= 15 is 0 Å². The molecule has 0 saturated carbocycles. The zero-order valence-corrected chi connectivity index (χ0v) is 11.4. The number of ketones is 1. The standard InChI is InChI=1S/C15H13ClFNO/c1-18(2)12-6-3-10(4-7-12)15(19)13-8-5-11(17)9-14(13)16/h3-9H,1-2H3. The van der Waals surface area contributed by atoms with Gasteiger partial charge in [0.1, 0.15) is 5.82 Å². The molecule has 0 atom stereocenters. The van der Waals surface area contributed by atoms with Crippen LogP contribution in [0.5, 0.6) is 0 Å². The summed E-state index contributed by atoms with van der Waals surface area (Å²) >= 11 is 5.89. The van der Waals surface area contributed by atoms with Crippen LogP contribution in [0.3, 0.4) is 0 Å². The summed E-state index contributed by atoms with van der Waals surface area (Å²) in [5.74, 6) is -0.667. The van der Waals surface area contributed by atoms with Gasteiger partial charge < -0.3 is 4.90 Å². The third kappa shape index (κ3) is 2.93. The fourth-order valence-corrected chi connectivity index (χ4v) is 1.99. The Bertz CT molecular complexity index is 608. The molecule has 0 bridgehead atoms. The first-order valence-electron chi connectivity index (χ1n) is 5.76. The van der Waals surface area contributed by atoms with E-state index < -0.39 is 5.82 Å². The monoisotopic (exact) mass is 277 g/mol. The van der Waals surface area contributed by atoms with Crippen molar-refractivity contribution < 1.29 is 9.18 Å². The molecular formula is C15H13ClFNO. The molecule has 2 aromatic rings. The van der Waals surface area contributed by atoms with Gasteiger partial charge in [0, 0.05) is 30.9 Å². The molecule has 0 saturated heterocycles. The largest absolute Gasteiger partial charge is 0.378 e. The van der Waals surface area contributed by atoms with Crippen LogP contribution in [0.1, 0.15) is 15.9 Å². The first kappa shape index (κ1) is 13.6. The molecule has 0 aliphatic heterocycles. The Labute approximate surface area is 116 Å². The number of rotatable bonds is 3. The highest BCUT2D eigenvalue weighted by atomic mass is 35.5. The Morgan fingerprint density at radius 1 is 1.11 bits per heavy atom. The molecule has 0 aliphatic rings. The van der Waals surface area contributed by atoms with Gasteiger partial charge in [-0.3, -0.25) is 4.79 Å². The van der Waals surface area contributed by atoms with Crippen molar-refractivity contribution in [2.75, 3.05) is 19.0 Å². The van der Waals surface area contributed by atoms with Gasteiger partial charge in [-0.25, -0.2) is 4.39 Å². The SMILES string of the molecule is CN(C)c1ccc(C(=O)c2ccc(F)cc2Cl)cc1. The topological polar surface area (TPSA) is 20.3 Å².